The maximum Gasteiger partial charge on any atom is 0.250 e. The van der Waals surface area contributed by atoms with Crippen LogP contribution in [0.5, 0.6) is 0 Å². The molecule has 4 heteroatoms. The molecular weight excluding hydrogens is 214 g/mol. The SMILES string of the molecule is CC(CC#N)C1C=C(C(=O)NCCN)C=CC1. The van der Waals surface area contributed by atoms with Gasteiger partial charge in [0.25, 0.3) is 5.91 Å². The molecule has 0 radical (unpaired) electrons. The Kier molecular flexibility index (Phi) is 5.44. The van der Waals surface area contributed by atoms with E-state index >= 15 is 0 Å². The van der Waals surface area contributed by atoms with Crippen molar-refractivity contribution in [1.82, 2.24) is 5.32 Å². The van der Waals surface area contributed by atoms with E-state index in [4.69, 9.17) is 11.0 Å². The van der Waals surface area contributed by atoms with Crippen molar-refractivity contribution in [3.63, 3.8) is 0 Å². The minimum Gasteiger partial charge on any atom is -0.351 e. The summed E-state index contributed by atoms with van der Waals surface area (Å²) in [6.07, 6.45) is 7.22. The molecule has 2 atom stereocenters. The second-order valence-electron chi connectivity index (χ2n) is 4.31. The Labute approximate surface area is 102 Å². The van der Waals surface area contributed by atoms with Gasteiger partial charge in [-0.05, 0) is 18.3 Å². The van der Waals surface area contributed by atoms with Gasteiger partial charge in [-0.1, -0.05) is 25.2 Å². The summed E-state index contributed by atoms with van der Waals surface area (Å²) in [7, 11) is 0. The molecule has 92 valence electrons. The zero-order valence-electron chi connectivity index (χ0n) is 10.1. The molecule has 0 saturated carbocycles. The number of amides is 1. The summed E-state index contributed by atoms with van der Waals surface area (Å²) < 4.78 is 0. The smallest absolute Gasteiger partial charge is 0.250 e. The number of rotatable bonds is 5. The molecule has 0 aromatic heterocycles. The minimum absolute atomic E-state index is 0.0828. The van der Waals surface area contributed by atoms with E-state index in [0.717, 1.165) is 6.42 Å². The first kappa shape index (κ1) is 13.5. The summed E-state index contributed by atoms with van der Waals surface area (Å²) in [6, 6.07) is 2.17. The van der Waals surface area contributed by atoms with E-state index in [0.29, 0.717) is 25.1 Å². The van der Waals surface area contributed by atoms with Crippen LogP contribution in [0.1, 0.15) is 19.8 Å². The quantitative estimate of drug-likeness (QED) is 0.746. The Bertz CT molecular complexity index is 365. The van der Waals surface area contributed by atoms with Gasteiger partial charge in [-0.2, -0.15) is 5.26 Å². The van der Waals surface area contributed by atoms with Crippen LogP contribution in [0.15, 0.2) is 23.8 Å². The topological polar surface area (TPSA) is 78.9 Å². The van der Waals surface area contributed by atoms with Gasteiger partial charge >= 0.3 is 0 Å². The van der Waals surface area contributed by atoms with E-state index < -0.39 is 0 Å². The van der Waals surface area contributed by atoms with Crippen molar-refractivity contribution in [1.29, 1.82) is 5.26 Å². The highest BCUT2D eigenvalue weighted by atomic mass is 16.1. The van der Waals surface area contributed by atoms with Crippen LogP contribution in [0, 0.1) is 23.2 Å². The van der Waals surface area contributed by atoms with Gasteiger partial charge in [0.05, 0.1) is 6.07 Å². The number of carbonyl (C=O) groups excluding carboxylic acids is 1. The number of nitrogens with two attached hydrogens (primary N) is 1. The van der Waals surface area contributed by atoms with Gasteiger partial charge in [0.2, 0.25) is 0 Å². The Morgan fingerprint density at radius 3 is 3.18 bits per heavy atom. The number of allylic oxidation sites excluding steroid dienone is 2. The van der Waals surface area contributed by atoms with Crippen molar-refractivity contribution >= 4 is 5.91 Å². The number of hydrogen-bond donors (Lipinski definition) is 2. The zero-order chi connectivity index (χ0) is 12.7. The van der Waals surface area contributed by atoms with E-state index in [-0.39, 0.29) is 17.7 Å². The van der Waals surface area contributed by atoms with E-state index in [9.17, 15) is 4.79 Å². The summed E-state index contributed by atoms with van der Waals surface area (Å²) in [5.74, 6) is 0.473. The predicted molar refractivity (Wildman–Crippen MR) is 66.8 cm³/mol. The van der Waals surface area contributed by atoms with Crippen LogP contribution >= 0.6 is 0 Å². The second-order valence-corrected chi connectivity index (χ2v) is 4.31. The molecule has 1 amide bonds. The third kappa shape index (κ3) is 4.04. The summed E-state index contributed by atoms with van der Waals surface area (Å²) in [6.45, 7) is 2.97. The van der Waals surface area contributed by atoms with Gasteiger partial charge in [0, 0.05) is 25.1 Å². The normalized spacial score (nSPS) is 20.3. The molecule has 0 aliphatic heterocycles. The Morgan fingerprint density at radius 2 is 2.53 bits per heavy atom. The maximum absolute atomic E-state index is 11.7. The van der Waals surface area contributed by atoms with E-state index in [2.05, 4.69) is 11.4 Å². The van der Waals surface area contributed by atoms with Crippen molar-refractivity contribution in [2.75, 3.05) is 13.1 Å². The molecule has 1 rings (SSSR count). The monoisotopic (exact) mass is 233 g/mol. The van der Waals surface area contributed by atoms with E-state index in [1.165, 1.54) is 0 Å². The van der Waals surface area contributed by atoms with Crippen LogP contribution in [-0.4, -0.2) is 19.0 Å². The first-order valence-corrected chi connectivity index (χ1v) is 5.92. The summed E-state index contributed by atoms with van der Waals surface area (Å²) >= 11 is 0. The van der Waals surface area contributed by atoms with Gasteiger partial charge in [0.1, 0.15) is 0 Å². The fourth-order valence-corrected chi connectivity index (χ4v) is 1.84. The Hall–Kier alpha value is -1.60. The zero-order valence-corrected chi connectivity index (χ0v) is 10.1. The maximum atomic E-state index is 11.7. The van der Waals surface area contributed by atoms with Crippen LogP contribution in [0.3, 0.4) is 0 Å². The highest BCUT2D eigenvalue weighted by Crippen LogP contribution is 2.26. The largest absolute Gasteiger partial charge is 0.351 e. The van der Waals surface area contributed by atoms with Crippen molar-refractivity contribution in [3.8, 4) is 6.07 Å². The van der Waals surface area contributed by atoms with Crippen LogP contribution in [0.4, 0.5) is 0 Å². The molecule has 4 nitrogen and oxygen atoms in total. The highest BCUT2D eigenvalue weighted by molar-refractivity contribution is 5.96. The fourth-order valence-electron chi connectivity index (χ4n) is 1.84. The molecule has 0 bridgehead atoms. The van der Waals surface area contributed by atoms with Crippen LogP contribution in [0.2, 0.25) is 0 Å². The van der Waals surface area contributed by atoms with Crippen molar-refractivity contribution < 1.29 is 4.79 Å². The standard InChI is InChI=1S/C13H19N3O/c1-10(5-6-14)11-3-2-4-12(9-11)13(17)16-8-7-15/h2,4,9-11H,3,5,7-8,15H2,1H3,(H,16,17). The first-order chi connectivity index (χ1) is 8.19. The molecule has 0 aromatic rings. The van der Waals surface area contributed by atoms with Crippen molar-refractivity contribution in [3.05, 3.63) is 23.8 Å². The number of nitrogens with one attached hydrogen (secondary N) is 1. The van der Waals surface area contributed by atoms with Crippen molar-refractivity contribution in [2.45, 2.75) is 19.8 Å². The molecule has 0 heterocycles. The number of hydrogen-bond acceptors (Lipinski definition) is 3. The minimum atomic E-state index is -0.0828. The van der Waals surface area contributed by atoms with Crippen LogP contribution in [-0.2, 0) is 4.79 Å². The lowest BCUT2D eigenvalue weighted by Crippen LogP contribution is -2.30. The fraction of sp³-hybridized carbons (Fsp3) is 0.538. The lowest BCUT2D eigenvalue weighted by atomic mass is 9.84. The molecule has 0 saturated heterocycles. The third-order valence-corrected chi connectivity index (χ3v) is 2.94. The molecule has 3 N–H and O–H groups in total. The van der Waals surface area contributed by atoms with E-state index in [1.807, 2.05) is 25.2 Å². The average molecular weight is 233 g/mol. The number of carbonyl (C=O) groups is 1. The van der Waals surface area contributed by atoms with Crippen LogP contribution in [0.25, 0.3) is 0 Å². The lowest BCUT2D eigenvalue weighted by molar-refractivity contribution is -0.117. The summed E-state index contributed by atoms with van der Waals surface area (Å²) in [4.78, 5) is 11.7. The molecular formula is C13H19N3O. The first-order valence-electron chi connectivity index (χ1n) is 5.92. The Balaban J connectivity index is 2.63. The van der Waals surface area contributed by atoms with Crippen molar-refractivity contribution in [2.24, 2.45) is 17.6 Å². The number of nitriles is 1. The molecule has 2 unspecified atom stereocenters. The second kappa shape index (κ2) is 6.87. The summed E-state index contributed by atoms with van der Waals surface area (Å²) in [5.41, 5.74) is 6.01. The highest BCUT2D eigenvalue weighted by Gasteiger charge is 2.19. The summed E-state index contributed by atoms with van der Waals surface area (Å²) in [5, 5.41) is 11.4. The molecule has 1 aliphatic rings. The number of nitrogens with zero attached hydrogens (tertiary/aromatic N) is 1. The van der Waals surface area contributed by atoms with Gasteiger partial charge in [-0.15, -0.1) is 0 Å². The molecule has 0 aromatic carbocycles. The van der Waals surface area contributed by atoms with Gasteiger partial charge in [-0.25, -0.2) is 0 Å². The van der Waals surface area contributed by atoms with Crippen LogP contribution < -0.4 is 11.1 Å². The molecule has 0 spiro atoms. The molecule has 0 fully saturated rings. The van der Waals surface area contributed by atoms with Gasteiger partial charge in [0.15, 0.2) is 0 Å². The van der Waals surface area contributed by atoms with E-state index in [1.54, 1.807) is 0 Å². The third-order valence-electron chi connectivity index (χ3n) is 2.94. The van der Waals surface area contributed by atoms with Gasteiger partial charge < -0.3 is 11.1 Å². The predicted octanol–water partition coefficient (Wildman–Crippen LogP) is 1.11. The Morgan fingerprint density at radius 1 is 1.76 bits per heavy atom. The van der Waals surface area contributed by atoms with Gasteiger partial charge in [-0.3, -0.25) is 4.79 Å². The average Bonchev–Trinajstić information content (AvgIpc) is 2.36. The molecule has 17 heavy (non-hydrogen) atoms. The molecule has 1 aliphatic carbocycles. The lowest BCUT2D eigenvalue weighted by Gasteiger charge is -2.21.